The Morgan fingerprint density at radius 1 is 1.56 bits per heavy atom. The van der Waals surface area contributed by atoms with Crippen LogP contribution >= 0.6 is 0 Å². The Morgan fingerprint density at radius 2 is 2.44 bits per heavy atom. The molecule has 0 spiro atoms. The number of ether oxygens (including phenoxy) is 1. The summed E-state index contributed by atoms with van der Waals surface area (Å²) in [5, 5.41) is 11.9. The molecule has 0 amide bonds. The van der Waals surface area contributed by atoms with E-state index in [0.717, 1.165) is 19.5 Å². The standard InChI is InChI=1S/C12H13FN2O/c13-12-2-1-9(6-14)5-10(12)8-16-11-3-4-15-7-11/h1-2,5,11,15H,3-4,7-8H2. The molecular formula is C12H13FN2O. The fraction of sp³-hybridized carbons (Fsp3) is 0.417. The van der Waals surface area contributed by atoms with Gasteiger partial charge in [-0.05, 0) is 31.2 Å². The molecule has 1 aliphatic rings. The summed E-state index contributed by atoms with van der Waals surface area (Å²) in [6.07, 6.45) is 1.12. The first-order valence-electron chi connectivity index (χ1n) is 5.30. The molecule has 1 atom stereocenters. The number of nitriles is 1. The van der Waals surface area contributed by atoms with Crippen LogP contribution < -0.4 is 5.32 Å². The van der Waals surface area contributed by atoms with Crippen LogP contribution in [0.4, 0.5) is 4.39 Å². The molecule has 1 aliphatic heterocycles. The molecule has 1 heterocycles. The first-order valence-corrected chi connectivity index (χ1v) is 5.30. The Balaban J connectivity index is 2.00. The van der Waals surface area contributed by atoms with Gasteiger partial charge in [-0.15, -0.1) is 0 Å². The molecule has 1 aromatic carbocycles. The third-order valence-electron chi connectivity index (χ3n) is 2.66. The van der Waals surface area contributed by atoms with Crippen molar-refractivity contribution in [3.8, 4) is 6.07 Å². The largest absolute Gasteiger partial charge is 0.372 e. The third kappa shape index (κ3) is 2.57. The summed E-state index contributed by atoms with van der Waals surface area (Å²) in [5.41, 5.74) is 0.912. The molecule has 1 saturated heterocycles. The Kier molecular flexibility index (Phi) is 3.50. The maximum atomic E-state index is 13.4. The zero-order chi connectivity index (χ0) is 11.4. The Morgan fingerprint density at radius 3 is 3.12 bits per heavy atom. The smallest absolute Gasteiger partial charge is 0.128 e. The van der Waals surface area contributed by atoms with Gasteiger partial charge < -0.3 is 10.1 Å². The Labute approximate surface area is 93.8 Å². The van der Waals surface area contributed by atoms with Crippen molar-refractivity contribution in [3.05, 3.63) is 35.1 Å². The lowest BCUT2D eigenvalue weighted by molar-refractivity contribution is 0.0525. The molecule has 3 nitrogen and oxygen atoms in total. The van der Waals surface area contributed by atoms with Crippen molar-refractivity contribution in [1.82, 2.24) is 5.32 Å². The second kappa shape index (κ2) is 5.06. The van der Waals surface area contributed by atoms with Gasteiger partial charge in [0.2, 0.25) is 0 Å². The lowest BCUT2D eigenvalue weighted by Gasteiger charge is -2.11. The van der Waals surface area contributed by atoms with E-state index in [0.29, 0.717) is 11.1 Å². The van der Waals surface area contributed by atoms with Crippen LogP contribution in [-0.4, -0.2) is 19.2 Å². The van der Waals surface area contributed by atoms with Gasteiger partial charge in [0, 0.05) is 12.1 Å². The maximum Gasteiger partial charge on any atom is 0.128 e. The van der Waals surface area contributed by atoms with Crippen LogP contribution in [0.15, 0.2) is 18.2 Å². The number of hydrogen-bond acceptors (Lipinski definition) is 3. The lowest BCUT2D eigenvalue weighted by atomic mass is 10.1. The molecule has 0 saturated carbocycles. The van der Waals surface area contributed by atoms with Gasteiger partial charge in [0.1, 0.15) is 5.82 Å². The molecule has 0 radical (unpaired) electrons. The minimum Gasteiger partial charge on any atom is -0.372 e. The quantitative estimate of drug-likeness (QED) is 0.841. The highest BCUT2D eigenvalue weighted by Gasteiger charge is 2.15. The monoisotopic (exact) mass is 220 g/mol. The van der Waals surface area contributed by atoms with Gasteiger partial charge in [0.05, 0.1) is 24.3 Å². The van der Waals surface area contributed by atoms with Crippen LogP contribution in [0.3, 0.4) is 0 Å². The number of rotatable bonds is 3. The zero-order valence-corrected chi connectivity index (χ0v) is 8.87. The molecule has 1 N–H and O–H groups in total. The molecular weight excluding hydrogens is 207 g/mol. The van der Waals surface area contributed by atoms with E-state index in [1.807, 2.05) is 6.07 Å². The minimum absolute atomic E-state index is 0.158. The SMILES string of the molecule is N#Cc1ccc(F)c(COC2CCNC2)c1. The minimum atomic E-state index is -0.315. The number of hydrogen-bond donors (Lipinski definition) is 1. The molecule has 16 heavy (non-hydrogen) atoms. The van der Waals surface area contributed by atoms with Gasteiger partial charge in [-0.1, -0.05) is 0 Å². The van der Waals surface area contributed by atoms with Crippen molar-refractivity contribution >= 4 is 0 Å². The lowest BCUT2D eigenvalue weighted by Crippen LogP contribution is -2.16. The van der Waals surface area contributed by atoms with E-state index < -0.39 is 0 Å². The summed E-state index contributed by atoms with van der Waals surface area (Å²) in [6, 6.07) is 6.31. The van der Waals surface area contributed by atoms with Crippen LogP contribution in [0.5, 0.6) is 0 Å². The van der Waals surface area contributed by atoms with E-state index in [-0.39, 0.29) is 18.5 Å². The molecule has 1 aromatic rings. The first kappa shape index (κ1) is 11.1. The molecule has 0 bridgehead atoms. The van der Waals surface area contributed by atoms with Crippen molar-refractivity contribution in [2.24, 2.45) is 0 Å². The normalized spacial score (nSPS) is 19.6. The van der Waals surface area contributed by atoms with Gasteiger partial charge in [-0.3, -0.25) is 0 Å². The van der Waals surface area contributed by atoms with Crippen molar-refractivity contribution in [2.75, 3.05) is 13.1 Å². The predicted molar refractivity (Wildman–Crippen MR) is 57.2 cm³/mol. The highest BCUT2D eigenvalue weighted by molar-refractivity contribution is 5.33. The van der Waals surface area contributed by atoms with E-state index in [1.54, 1.807) is 0 Å². The topological polar surface area (TPSA) is 45.0 Å². The van der Waals surface area contributed by atoms with Crippen molar-refractivity contribution in [1.29, 1.82) is 5.26 Å². The fourth-order valence-corrected chi connectivity index (χ4v) is 1.73. The van der Waals surface area contributed by atoms with E-state index in [1.165, 1.54) is 18.2 Å². The van der Waals surface area contributed by atoms with E-state index >= 15 is 0 Å². The van der Waals surface area contributed by atoms with Crippen molar-refractivity contribution in [2.45, 2.75) is 19.1 Å². The van der Waals surface area contributed by atoms with Gasteiger partial charge >= 0.3 is 0 Å². The second-order valence-corrected chi connectivity index (χ2v) is 3.84. The Hall–Kier alpha value is -1.44. The van der Waals surface area contributed by atoms with Crippen LogP contribution in [0.1, 0.15) is 17.5 Å². The molecule has 1 unspecified atom stereocenters. The number of nitrogens with zero attached hydrogens (tertiary/aromatic N) is 1. The van der Waals surface area contributed by atoms with Crippen LogP contribution in [0, 0.1) is 17.1 Å². The molecule has 0 aliphatic carbocycles. The number of benzene rings is 1. The fourth-order valence-electron chi connectivity index (χ4n) is 1.73. The number of halogens is 1. The van der Waals surface area contributed by atoms with Crippen LogP contribution in [-0.2, 0) is 11.3 Å². The van der Waals surface area contributed by atoms with E-state index in [4.69, 9.17) is 10.00 Å². The molecule has 84 valence electrons. The van der Waals surface area contributed by atoms with Crippen molar-refractivity contribution in [3.63, 3.8) is 0 Å². The van der Waals surface area contributed by atoms with Crippen LogP contribution in [0.25, 0.3) is 0 Å². The van der Waals surface area contributed by atoms with Gasteiger partial charge in [0.15, 0.2) is 0 Å². The Bertz CT molecular complexity index is 408. The highest BCUT2D eigenvalue weighted by atomic mass is 19.1. The molecule has 4 heteroatoms. The van der Waals surface area contributed by atoms with Gasteiger partial charge in [0.25, 0.3) is 0 Å². The molecule has 2 rings (SSSR count). The molecule has 0 aromatic heterocycles. The first-order chi connectivity index (χ1) is 7.79. The number of nitrogens with one attached hydrogen (secondary N) is 1. The van der Waals surface area contributed by atoms with Crippen molar-refractivity contribution < 1.29 is 9.13 Å². The van der Waals surface area contributed by atoms with Gasteiger partial charge in [-0.2, -0.15) is 5.26 Å². The summed E-state index contributed by atoms with van der Waals surface area (Å²) < 4.78 is 18.9. The average Bonchev–Trinajstić information content (AvgIpc) is 2.81. The van der Waals surface area contributed by atoms with E-state index in [2.05, 4.69) is 5.32 Å². The highest BCUT2D eigenvalue weighted by Crippen LogP contribution is 2.13. The average molecular weight is 220 g/mol. The maximum absolute atomic E-state index is 13.4. The predicted octanol–water partition coefficient (Wildman–Crippen LogP) is 1.58. The van der Waals surface area contributed by atoms with Crippen LogP contribution in [0.2, 0.25) is 0 Å². The summed E-state index contributed by atoms with van der Waals surface area (Å²) in [6.45, 7) is 2.00. The third-order valence-corrected chi connectivity index (χ3v) is 2.66. The summed E-state index contributed by atoms with van der Waals surface area (Å²) >= 11 is 0. The molecule has 1 fully saturated rings. The summed E-state index contributed by atoms with van der Waals surface area (Å²) in [4.78, 5) is 0. The zero-order valence-electron chi connectivity index (χ0n) is 8.87. The second-order valence-electron chi connectivity index (χ2n) is 3.84. The summed E-state index contributed by atoms with van der Waals surface area (Å²) in [5.74, 6) is -0.315. The summed E-state index contributed by atoms with van der Waals surface area (Å²) in [7, 11) is 0. The van der Waals surface area contributed by atoms with E-state index in [9.17, 15) is 4.39 Å². The van der Waals surface area contributed by atoms with Gasteiger partial charge in [-0.25, -0.2) is 4.39 Å².